The standard InChI is InChI=1S/C19H22BrNO3/c1-23-16-8-9-18(24-2)15(13-16)11-12-21-19(22)10-7-14-5-3-4-6-17(14)20/h3-6,8-9,13H,7,10-12H2,1-2H3,(H,21,22). The molecule has 4 nitrogen and oxygen atoms in total. The average Bonchev–Trinajstić information content (AvgIpc) is 2.61. The maximum absolute atomic E-state index is 12.0. The summed E-state index contributed by atoms with van der Waals surface area (Å²) in [5.41, 5.74) is 2.16. The monoisotopic (exact) mass is 391 g/mol. The molecule has 0 aliphatic heterocycles. The Morgan fingerprint density at radius 1 is 1.04 bits per heavy atom. The molecular formula is C19H22BrNO3. The van der Waals surface area contributed by atoms with Crippen molar-refractivity contribution in [1.29, 1.82) is 0 Å². The van der Waals surface area contributed by atoms with E-state index in [0.29, 0.717) is 19.4 Å². The molecule has 0 fully saturated rings. The number of carbonyl (C=O) groups excluding carboxylic acids is 1. The van der Waals surface area contributed by atoms with Crippen LogP contribution < -0.4 is 14.8 Å². The molecule has 1 amide bonds. The summed E-state index contributed by atoms with van der Waals surface area (Å²) in [5.74, 6) is 1.64. The molecule has 2 rings (SSSR count). The first-order valence-electron chi connectivity index (χ1n) is 7.85. The van der Waals surface area contributed by atoms with Crippen LogP contribution in [0.1, 0.15) is 17.5 Å². The van der Waals surface area contributed by atoms with E-state index in [1.165, 1.54) is 0 Å². The summed E-state index contributed by atoms with van der Waals surface area (Å²) in [4.78, 5) is 12.0. The van der Waals surface area contributed by atoms with Crippen LogP contribution in [0.25, 0.3) is 0 Å². The molecule has 0 heterocycles. The third-order valence-electron chi connectivity index (χ3n) is 3.78. The number of methoxy groups -OCH3 is 2. The number of hydrogen-bond acceptors (Lipinski definition) is 3. The van der Waals surface area contributed by atoms with Gasteiger partial charge in [0.1, 0.15) is 11.5 Å². The van der Waals surface area contributed by atoms with Crippen LogP contribution in [0.15, 0.2) is 46.9 Å². The van der Waals surface area contributed by atoms with E-state index >= 15 is 0 Å². The van der Waals surface area contributed by atoms with Crippen molar-refractivity contribution < 1.29 is 14.3 Å². The lowest BCUT2D eigenvalue weighted by atomic mass is 10.1. The van der Waals surface area contributed by atoms with Gasteiger partial charge in [0.15, 0.2) is 0 Å². The average molecular weight is 392 g/mol. The minimum absolute atomic E-state index is 0.0487. The number of ether oxygens (including phenoxy) is 2. The number of nitrogens with one attached hydrogen (secondary N) is 1. The van der Waals surface area contributed by atoms with Crippen LogP contribution in [-0.2, 0) is 17.6 Å². The normalized spacial score (nSPS) is 10.3. The molecular weight excluding hydrogens is 370 g/mol. The highest BCUT2D eigenvalue weighted by Gasteiger charge is 2.07. The number of hydrogen-bond donors (Lipinski definition) is 1. The predicted molar refractivity (Wildman–Crippen MR) is 98.7 cm³/mol. The Hall–Kier alpha value is -2.01. The fraction of sp³-hybridized carbons (Fsp3) is 0.316. The van der Waals surface area contributed by atoms with E-state index in [0.717, 1.165) is 33.5 Å². The Morgan fingerprint density at radius 3 is 2.54 bits per heavy atom. The minimum atomic E-state index is 0.0487. The second-order valence-electron chi connectivity index (χ2n) is 5.37. The van der Waals surface area contributed by atoms with Crippen LogP contribution in [0.4, 0.5) is 0 Å². The maximum atomic E-state index is 12.0. The van der Waals surface area contributed by atoms with Gasteiger partial charge in [0.05, 0.1) is 14.2 Å². The molecule has 128 valence electrons. The van der Waals surface area contributed by atoms with E-state index in [1.807, 2.05) is 42.5 Å². The summed E-state index contributed by atoms with van der Waals surface area (Å²) in [5, 5.41) is 2.96. The van der Waals surface area contributed by atoms with Gasteiger partial charge < -0.3 is 14.8 Å². The highest BCUT2D eigenvalue weighted by atomic mass is 79.9. The Kier molecular flexibility index (Phi) is 7.12. The lowest BCUT2D eigenvalue weighted by Gasteiger charge is -2.11. The first kappa shape index (κ1) is 18.3. The zero-order valence-corrected chi connectivity index (χ0v) is 15.6. The molecule has 0 saturated heterocycles. The topological polar surface area (TPSA) is 47.6 Å². The van der Waals surface area contributed by atoms with Crippen LogP contribution >= 0.6 is 15.9 Å². The van der Waals surface area contributed by atoms with Crippen molar-refractivity contribution in [3.8, 4) is 11.5 Å². The summed E-state index contributed by atoms with van der Waals surface area (Å²) in [6.45, 7) is 0.568. The van der Waals surface area contributed by atoms with E-state index in [9.17, 15) is 4.79 Å². The third-order valence-corrected chi connectivity index (χ3v) is 4.56. The zero-order chi connectivity index (χ0) is 17.4. The molecule has 0 unspecified atom stereocenters. The zero-order valence-electron chi connectivity index (χ0n) is 14.0. The number of halogens is 1. The predicted octanol–water partition coefficient (Wildman–Crippen LogP) is 3.76. The van der Waals surface area contributed by atoms with E-state index < -0.39 is 0 Å². The highest BCUT2D eigenvalue weighted by Crippen LogP contribution is 2.24. The van der Waals surface area contributed by atoms with Crippen molar-refractivity contribution in [3.05, 3.63) is 58.1 Å². The summed E-state index contributed by atoms with van der Waals surface area (Å²) in [6.07, 6.45) is 1.88. The van der Waals surface area contributed by atoms with Gasteiger partial charge in [-0.1, -0.05) is 34.1 Å². The Morgan fingerprint density at radius 2 is 1.83 bits per heavy atom. The number of amides is 1. The number of benzene rings is 2. The lowest BCUT2D eigenvalue weighted by Crippen LogP contribution is -2.26. The van der Waals surface area contributed by atoms with Crippen molar-refractivity contribution >= 4 is 21.8 Å². The Bertz CT molecular complexity index is 688. The summed E-state index contributed by atoms with van der Waals surface area (Å²) < 4.78 is 11.6. The van der Waals surface area contributed by atoms with Gasteiger partial charge in [0.25, 0.3) is 0 Å². The molecule has 0 radical (unpaired) electrons. The Labute approximate surface area is 151 Å². The fourth-order valence-corrected chi connectivity index (χ4v) is 2.93. The van der Waals surface area contributed by atoms with Crippen LogP contribution in [0.5, 0.6) is 11.5 Å². The molecule has 0 atom stereocenters. The van der Waals surface area contributed by atoms with Crippen molar-refractivity contribution in [2.24, 2.45) is 0 Å². The molecule has 0 aliphatic carbocycles. The summed E-state index contributed by atoms with van der Waals surface area (Å²) in [6, 6.07) is 13.6. The SMILES string of the molecule is COc1ccc(OC)c(CCNC(=O)CCc2ccccc2Br)c1. The van der Waals surface area contributed by atoms with Gasteiger partial charge in [-0.25, -0.2) is 0 Å². The van der Waals surface area contributed by atoms with Crippen LogP contribution in [0.3, 0.4) is 0 Å². The van der Waals surface area contributed by atoms with E-state index in [-0.39, 0.29) is 5.91 Å². The molecule has 2 aromatic carbocycles. The lowest BCUT2D eigenvalue weighted by molar-refractivity contribution is -0.121. The first-order valence-corrected chi connectivity index (χ1v) is 8.64. The summed E-state index contributed by atoms with van der Waals surface area (Å²) in [7, 11) is 3.27. The second kappa shape index (κ2) is 9.33. The molecule has 2 aromatic rings. The summed E-state index contributed by atoms with van der Waals surface area (Å²) >= 11 is 3.50. The molecule has 0 spiro atoms. The van der Waals surface area contributed by atoms with E-state index in [4.69, 9.17) is 9.47 Å². The molecule has 0 aromatic heterocycles. The largest absolute Gasteiger partial charge is 0.497 e. The van der Waals surface area contributed by atoms with Gasteiger partial charge >= 0.3 is 0 Å². The maximum Gasteiger partial charge on any atom is 0.220 e. The van der Waals surface area contributed by atoms with Gasteiger partial charge in [-0.05, 0) is 48.2 Å². The second-order valence-corrected chi connectivity index (χ2v) is 6.22. The van der Waals surface area contributed by atoms with Crippen LogP contribution in [0, 0.1) is 0 Å². The molecule has 0 bridgehead atoms. The van der Waals surface area contributed by atoms with Crippen molar-refractivity contribution in [1.82, 2.24) is 5.32 Å². The van der Waals surface area contributed by atoms with Crippen molar-refractivity contribution in [2.75, 3.05) is 20.8 Å². The molecule has 24 heavy (non-hydrogen) atoms. The molecule has 0 aliphatic rings. The van der Waals surface area contributed by atoms with E-state index in [1.54, 1.807) is 14.2 Å². The van der Waals surface area contributed by atoms with Gasteiger partial charge in [-0.2, -0.15) is 0 Å². The minimum Gasteiger partial charge on any atom is -0.497 e. The van der Waals surface area contributed by atoms with Gasteiger partial charge in [-0.15, -0.1) is 0 Å². The molecule has 1 N–H and O–H groups in total. The highest BCUT2D eigenvalue weighted by molar-refractivity contribution is 9.10. The van der Waals surface area contributed by atoms with Gasteiger partial charge in [0.2, 0.25) is 5.91 Å². The molecule has 5 heteroatoms. The smallest absolute Gasteiger partial charge is 0.220 e. The van der Waals surface area contributed by atoms with Crippen molar-refractivity contribution in [3.63, 3.8) is 0 Å². The van der Waals surface area contributed by atoms with Crippen molar-refractivity contribution in [2.45, 2.75) is 19.3 Å². The molecule has 0 saturated carbocycles. The number of aryl methyl sites for hydroxylation is 1. The van der Waals surface area contributed by atoms with Crippen LogP contribution in [0.2, 0.25) is 0 Å². The Balaban J connectivity index is 1.81. The number of rotatable bonds is 8. The third kappa shape index (κ3) is 5.27. The fourth-order valence-electron chi connectivity index (χ4n) is 2.45. The quantitative estimate of drug-likeness (QED) is 0.744. The number of carbonyl (C=O) groups is 1. The first-order chi connectivity index (χ1) is 11.6. The van der Waals surface area contributed by atoms with Gasteiger partial charge in [0, 0.05) is 17.4 Å². The van der Waals surface area contributed by atoms with Gasteiger partial charge in [-0.3, -0.25) is 4.79 Å². The van der Waals surface area contributed by atoms with E-state index in [2.05, 4.69) is 21.2 Å². The van der Waals surface area contributed by atoms with Crippen LogP contribution in [-0.4, -0.2) is 26.7 Å².